The maximum atomic E-state index is 13.0. The maximum Gasteiger partial charge on any atom is 0.266 e. The Morgan fingerprint density at radius 2 is 2.23 bits per heavy atom. The molecule has 0 bridgehead atoms. The van der Waals surface area contributed by atoms with Crippen molar-refractivity contribution in [1.82, 2.24) is 14.9 Å². The summed E-state index contributed by atoms with van der Waals surface area (Å²) in [6.45, 7) is 0.878. The van der Waals surface area contributed by atoms with Gasteiger partial charge in [-0.05, 0) is 7.05 Å². The van der Waals surface area contributed by atoms with Gasteiger partial charge in [0, 0.05) is 20.2 Å². The third-order valence-corrected chi connectivity index (χ3v) is 1.82. The Bertz CT molecular complexity index is 277. The predicted octanol–water partition coefficient (Wildman–Crippen LogP) is 1.34. The van der Waals surface area contributed by atoms with Crippen molar-refractivity contribution < 1.29 is 8.78 Å². The second-order valence-electron chi connectivity index (χ2n) is 3.14. The van der Waals surface area contributed by atoms with Gasteiger partial charge in [-0.15, -0.1) is 0 Å². The van der Waals surface area contributed by atoms with Crippen LogP contribution in [0.25, 0.3) is 0 Å². The fourth-order valence-corrected chi connectivity index (χ4v) is 1.24. The molecule has 1 unspecified atom stereocenters. The minimum atomic E-state index is -2.80. The molecular weight excluding hydrogens is 176 g/mol. The number of hydrogen-bond acceptors (Lipinski definition) is 2. The molecule has 1 heterocycles. The number of alkyl halides is 2. The zero-order chi connectivity index (χ0) is 10.1. The highest BCUT2D eigenvalue weighted by Crippen LogP contribution is 2.28. The Labute approximate surface area is 75.8 Å². The van der Waals surface area contributed by atoms with E-state index in [1.165, 1.54) is 13.4 Å². The lowest BCUT2D eigenvalue weighted by molar-refractivity contribution is -0.0181. The van der Waals surface area contributed by atoms with Crippen LogP contribution in [0.3, 0.4) is 0 Å². The molecular formula is C8H13F2N3. The molecule has 0 aromatic carbocycles. The number of imidazole rings is 1. The average molecular weight is 189 g/mol. The average Bonchev–Trinajstić information content (AvgIpc) is 2.34. The fraction of sp³-hybridized carbons (Fsp3) is 0.625. The van der Waals surface area contributed by atoms with E-state index in [-0.39, 0.29) is 0 Å². The van der Waals surface area contributed by atoms with E-state index < -0.39 is 12.0 Å². The normalized spacial score (nSPS) is 14.5. The van der Waals surface area contributed by atoms with E-state index in [1.807, 2.05) is 0 Å². The smallest absolute Gasteiger partial charge is 0.266 e. The standard InChI is InChI=1S/C8H13F2N3/c1-8(9,10)7(11-2)6-4-13(3)5-12-6/h4-5,7,11H,1-3H3. The first-order valence-electron chi connectivity index (χ1n) is 3.98. The Hall–Kier alpha value is -0.970. The molecule has 5 heteroatoms. The molecule has 0 fully saturated rings. The third-order valence-electron chi connectivity index (χ3n) is 1.82. The van der Waals surface area contributed by atoms with Crippen molar-refractivity contribution in [3.8, 4) is 0 Å². The summed E-state index contributed by atoms with van der Waals surface area (Å²) in [5.74, 6) is -2.80. The molecule has 0 spiro atoms. The van der Waals surface area contributed by atoms with E-state index in [4.69, 9.17) is 0 Å². The van der Waals surface area contributed by atoms with Gasteiger partial charge in [-0.2, -0.15) is 0 Å². The minimum absolute atomic E-state index is 0.359. The van der Waals surface area contributed by atoms with Crippen molar-refractivity contribution in [2.75, 3.05) is 7.05 Å². The number of halogens is 2. The summed E-state index contributed by atoms with van der Waals surface area (Å²) in [4.78, 5) is 3.87. The Morgan fingerprint density at radius 1 is 1.62 bits per heavy atom. The SMILES string of the molecule is CNC(c1cn(C)cn1)C(C)(F)F. The first kappa shape index (κ1) is 10.1. The molecule has 1 N–H and O–H groups in total. The predicted molar refractivity (Wildman–Crippen MR) is 45.6 cm³/mol. The van der Waals surface area contributed by atoms with E-state index in [1.54, 1.807) is 17.8 Å². The second kappa shape index (κ2) is 3.41. The molecule has 0 aliphatic carbocycles. The third kappa shape index (κ3) is 2.24. The van der Waals surface area contributed by atoms with Crippen LogP contribution in [0.5, 0.6) is 0 Å². The van der Waals surface area contributed by atoms with Gasteiger partial charge < -0.3 is 9.88 Å². The Balaban J connectivity index is 2.91. The van der Waals surface area contributed by atoms with E-state index in [0.717, 1.165) is 6.92 Å². The van der Waals surface area contributed by atoms with E-state index >= 15 is 0 Å². The molecule has 3 nitrogen and oxygen atoms in total. The molecule has 0 saturated carbocycles. The molecule has 0 amide bonds. The fourth-order valence-electron chi connectivity index (χ4n) is 1.24. The number of nitrogens with one attached hydrogen (secondary N) is 1. The molecule has 0 radical (unpaired) electrons. The lowest BCUT2D eigenvalue weighted by Crippen LogP contribution is -2.32. The lowest BCUT2D eigenvalue weighted by atomic mass is 10.1. The van der Waals surface area contributed by atoms with Crippen LogP contribution in [-0.4, -0.2) is 22.5 Å². The van der Waals surface area contributed by atoms with E-state index in [0.29, 0.717) is 5.69 Å². The highest BCUT2D eigenvalue weighted by atomic mass is 19.3. The summed E-state index contributed by atoms with van der Waals surface area (Å²) in [6, 6.07) is -1.02. The quantitative estimate of drug-likeness (QED) is 0.777. The van der Waals surface area contributed by atoms with Gasteiger partial charge in [0.25, 0.3) is 5.92 Å². The number of hydrogen-bond donors (Lipinski definition) is 1. The minimum Gasteiger partial charge on any atom is -0.340 e. The number of rotatable bonds is 3. The molecule has 1 atom stereocenters. The highest BCUT2D eigenvalue weighted by molar-refractivity contribution is 5.07. The summed E-state index contributed by atoms with van der Waals surface area (Å²) in [6.07, 6.45) is 3.09. The van der Waals surface area contributed by atoms with Crippen LogP contribution in [-0.2, 0) is 7.05 Å². The zero-order valence-electron chi connectivity index (χ0n) is 7.88. The highest BCUT2D eigenvalue weighted by Gasteiger charge is 2.35. The van der Waals surface area contributed by atoms with Gasteiger partial charge in [-0.1, -0.05) is 0 Å². The van der Waals surface area contributed by atoms with Gasteiger partial charge in [0.15, 0.2) is 0 Å². The summed E-state index contributed by atoms with van der Waals surface area (Å²) >= 11 is 0. The Kier molecular flexibility index (Phi) is 2.66. The van der Waals surface area contributed by atoms with Crippen molar-refractivity contribution in [3.63, 3.8) is 0 Å². The van der Waals surface area contributed by atoms with Crippen molar-refractivity contribution >= 4 is 0 Å². The van der Waals surface area contributed by atoms with Gasteiger partial charge >= 0.3 is 0 Å². The van der Waals surface area contributed by atoms with Gasteiger partial charge in [-0.25, -0.2) is 13.8 Å². The molecule has 0 saturated heterocycles. The Morgan fingerprint density at radius 3 is 2.54 bits per heavy atom. The number of nitrogens with zero attached hydrogens (tertiary/aromatic N) is 2. The molecule has 74 valence electrons. The van der Waals surface area contributed by atoms with Gasteiger partial charge in [0.05, 0.1) is 12.0 Å². The topological polar surface area (TPSA) is 29.9 Å². The van der Waals surface area contributed by atoms with Crippen molar-refractivity contribution in [2.24, 2.45) is 7.05 Å². The van der Waals surface area contributed by atoms with Gasteiger partial charge in [-0.3, -0.25) is 0 Å². The monoisotopic (exact) mass is 189 g/mol. The summed E-state index contributed by atoms with van der Waals surface area (Å²) < 4.78 is 27.6. The summed E-state index contributed by atoms with van der Waals surface area (Å²) in [5, 5.41) is 2.55. The van der Waals surface area contributed by atoms with Crippen LogP contribution in [0.1, 0.15) is 18.7 Å². The summed E-state index contributed by atoms with van der Waals surface area (Å²) in [7, 11) is 3.24. The van der Waals surface area contributed by atoms with Crippen molar-refractivity contribution in [2.45, 2.75) is 18.9 Å². The van der Waals surface area contributed by atoms with E-state index in [9.17, 15) is 8.78 Å². The van der Waals surface area contributed by atoms with Gasteiger partial charge in [0.2, 0.25) is 0 Å². The van der Waals surface area contributed by atoms with Crippen LogP contribution in [0.15, 0.2) is 12.5 Å². The molecule has 13 heavy (non-hydrogen) atoms. The largest absolute Gasteiger partial charge is 0.340 e. The van der Waals surface area contributed by atoms with Crippen LogP contribution < -0.4 is 5.32 Å². The van der Waals surface area contributed by atoms with E-state index in [2.05, 4.69) is 10.3 Å². The van der Waals surface area contributed by atoms with Crippen LogP contribution >= 0.6 is 0 Å². The maximum absolute atomic E-state index is 13.0. The van der Waals surface area contributed by atoms with Crippen LogP contribution in [0, 0.1) is 0 Å². The number of aromatic nitrogens is 2. The van der Waals surface area contributed by atoms with Crippen LogP contribution in [0.4, 0.5) is 8.78 Å². The second-order valence-corrected chi connectivity index (χ2v) is 3.14. The molecule has 1 rings (SSSR count). The molecule has 1 aromatic rings. The molecule has 0 aliphatic rings. The lowest BCUT2D eigenvalue weighted by Gasteiger charge is -2.20. The molecule has 1 aromatic heterocycles. The molecule has 0 aliphatic heterocycles. The first-order valence-corrected chi connectivity index (χ1v) is 3.98. The van der Waals surface area contributed by atoms with Crippen molar-refractivity contribution in [3.05, 3.63) is 18.2 Å². The van der Waals surface area contributed by atoms with Crippen LogP contribution in [0.2, 0.25) is 0 Å². The first-order chi connectivity index (χ1) is 5.95. The number of aryl methyl sites for hydroxylation is 1. The van der Waals surface area contributed by atoms with Gasteiger partial charge in [0.1, 0.15) is 6.04 Å². The summed E-state index contributed by atoms with van der Waals surface area (Å²) in [5.41, 5.74) is 0.359. The van der Waals surface area contributed by atoms with Crippen molar-refractivity contribution in [1.29, 1.82) is 0 Å². The zero-order valence-corrected chi connectivity index (χ0v) is 7.88.